The number of aliphatic hydroxyl groups is 1. The molecule has 2 amide bonds. The quantitative estimate of drug-likeness (QED) is 0.649. The van der Waals surface area contributed by atoms with Crippen LogP contribution in [0.25, 0.3) is 0 Å². The minimum absolute atomic E-state index is 0.0400. The van der Waals surface area contributed by atoms with Crippen LogP contribution in [0.5, 0.6) is 0 Å². The Morgan fingerprint density at radius 3 is 2.77 bits per heavy atom. The van der Waals surface area contributed by atoms with E-state index in [1.807, 2.05) is 12.1 Å². The van der Waals surface area contributed by atoms with E-state index >= 15 is 0 Å². The Balaban J connectivity index is 1.45. The van der Waals surface area contributed by atoms with Crippen LogP contribution in [0.1, 0.15) is 52.7 Å². The van der Waals surface area contributed by atoms with Gasteiger partial charge in [0.1, 0.15) is 0 Å². The number of rotatable bonds is 6. The molecular weight excluding hydrogens is 461 g/mol. The predicted molar refractivity (Wildman–Crippen MR) is 124 cm³/mol. The maximum absolute atomic E-state index is 12.7. The molecule has 1 saturated heterocycles. The van der Waals surface area contributed by atoms with Crippen molar-refractivity contribution in [1.82, 2.24) is 14.8 Å². The molecule has 2 atom stereocenters. The molecule has 2 N–H and O–H groups in total. The number of nitrogens with one attached hydrogen (secondary N) is 1. The summed E-state index contributed by atoms with van der Waals surface area (Å²) in [6.07, 6.45) is -1.91. The van der Waals surface area contributed by atoms with E-state index < -0.39 is 18.5 Å². The maximum atomic E-state index is 12.7. The van der Waals surface area contributed by atoms with Crippen LogP contribution in [-0.2, 0) is 17.8 Å². The lowest BCUT2D eigenvalue weighted by Gasteiger charge is -2.42. The molecule has 188 valence electrons. The minimum Gasteiger partial charge on any atom is -0.395 e. The normalized spacial score (nSPS) is 21.1. The highest BCUT2D eigenvalue weighted by molar-refractivity contribution is 6.04. The molecule has 1 aromatic heterocycles. The molecule has 4 rings (SSSR count). The summed E-state index contributed by atoms with van der Waals surface area (Å²) in [5.41, 5.74) is 2.78. The fraction of sp³-hybridized carbons (Fsp3) is 0.480. The summed E-state index contributed by atoms with van der Waals surface area (Å²) in [4.78, 5) is 32.9. The van der Waals surface area contributed by atoms with E-state index in [9.17, 15) is 22.8 Å². The van der Waals surface area contributed by atoms with E-state index in [2.05, 4.69) is 22.1 Å². The van der Waals surface area contributed by atoms with Crippen molar-refractivity contribution in [3.63, 3.8) is 0 Å². The first-order chi connectivity index (χ1) is 16.6. The van der Waals surface area contributed by atoms with Gasteiger partial charge in [0, 0.05) is 56.7 Å². The highest BCUT2D eigenvalue weighted by atomic mass is 19.4. The fourth-order valence-corrected chi connectivity index (χ4v) is 4.99. The molecule has 7 nitrogen and oxygen atoms in total. The average Bonchev–Trinajstić information content (AvgIpc) is 2.79. The van der Waals surface area contributed by atoms with Crippen LogP contribution in [-0.4, -0.2) is 70.2 Å². The topological polar surface area (TPSA) is 85.8 Å². The standard InChI is InChI=1S/C25H29F3N4O3/c1-16-14-32(21-4-5-31(6-7-33)23(34)10-21)15-19-9-20(2-3-22(16)19)30-24(35)18-8-17(12-29-13-18)11-25(26,27)28/h2-3,8-9,12-13,16,21,33H,4-7,10-11,14-15H2,1H3,(H,30,35)/t16-,21?/m0/s1. The second-order valence-electron chi connectivity index (χ2n) is 9.32. The van der Waals surface area contributed by atoms with Crippen LogP contribution in [0, 0.1) is 0 Å². The number of carbonyl (C=O) groups is 2. The summed E-state index contributed by atoms with van der Waals surface area (Å²) >= 11 is 0. The minimum atomic E-state index is -4.38. The first kappa shape index (κ1) is 25.1. The molecule has 0 saturated carbocycles. The molecule has 1 unspecified atom stereocenters. The molecule has 10 heteroatoms. The van der Waals surface area contributed by atoms with Gasteiger partial charge in [-0.2, -0.15) is 13.2 Å². The fourth-order valence-electron chi connectivity index (χ4n) is 4.99. The molecular formula is C25H29F3N4O3. The maximum Gasteiger partial charge on any atom is 0.393 e. The Hall–Kier alpha value is -2.98. The second-order valence-corrected chi connectivity index (χ2v) is 9.32. The number of pyridine rings is 1. The molecule has 3 heterocycles. The molecule has 0 aliphatic carbocycles. The van der Waals surface area contributed by atoms with Gasteiger partial charge >= 0.3 is 6.18 Å². The van der Waals surface area contributed by atoms with E-state index in [-0.39, 0.29) is 35.6 Å². The van der Waals surface area contributed by atoms with Crippen LogP contribution in [0.15, 0.2) is 36.7 Å². The van der Waals surface area contributed by atoms with Crippen LogP contribution >= 0.6 is 0 Å². The molecule has 0 bridgehead atoms. The summed E-state index contributed by atoms with van der Waals surface area (Å²) in [6, 6.07) is 6.99. The van der Waals surface area contributed by atoms with Gasteiger partial charge in [-0.15, -0.1) is 0 Å². The SMILES string of the molecule is C[C@H]1CN(C2CCN(CCO)C(=O)C2)Cc2cc(NC(=O)c3cncc(CC(F)(F)F)c3)ccc21. The summed E-state index contributed by atoms with van der Waals surface area (Å²) in [5, 5.41) is 11.9. The molecule has 35 heavy (non-hydrogen) atoms. The first-order valence-corrected chi connectivity index (χ1v) is 11.7. The van der Waals surface area contributed by atoms with Gasteiger partial charge in [-0.1, -0.05) is 13.0 Å². The molecule has 0 radical (unpaired) electrons. The van der Waals surface area contributed by atoms with Crippen LogP contribution in [0.3, 0.4) is 0 Å². The summed E-state index contributed by atoms with van der Waals surface area (Å²) in [5.74, 6) is -0.225. The Morgan fingerprint density at radius 1 is 1.26 bits per heavy atom. The summed E-state index contributed by atoms with van der Waals surface area (Å²) < 4.78 is 38.1. The predicted octanol–water partition coefficient (Wildman–Crippen LogP) is 3.34. The van der Waals surface area contributed by atoms with Crippen molar-refractivity contribution in [3.8, 4) is 0 Å². The highest BCUT2D eigenvalue weighted by Crippen LogP contribution is 2.33. The van der Waals surface area contributed by atoms with Crippen LogP contribution in [0.4, 0.5) is 18.9 Å². The molecule has 0 spiro atoms. The zero-order chi connectivity index (χ0) is 25.2. The molecule has 1 aromatic carbocycles. The number of β-amino-alcohol motifs (C(OH)–C–C–N with tert-alkyl or cyclic N) is 1. The number of alkyl halides is 3. The third-order valence-corrected chi connectivity index (χ3v) is 6.66. The van der Waals surface area contributed by atoms with Gasteiger partial charge in [-0.05, 0) is 47.2 Å². The molecule has 2 aliphatic rings. The van der Waals surface area contributed by atoms with Gasteiger partial charge in [-0.3, -0.25) is 19.5 Å². The number of benzene rings is 1. The molecule has 2 aliphatic heterocycles. The lowest BCUT2D eigenvalue weighted by atomic mass is 9.88. The highest BCUT2D eigenvalue weighted by Gasteiger charge is 2.33. The van der Waals surface area contributed by atoms with E-state index in [0.29, 0.717) is 31.7 Å². The van der Waals surface area contributed by atoms with E-state index in [1.54, 1.807) is 11.0 Å². The van der Waals surface area contributed by atoms with Crippen LogP contribution < -0.4 is 5.32 Å². The smallest absolute Gasteiger partial charge is 0.393 e. The lowest BCUT2D eigenvalue weighted by molar-refractivity contribution is -0.136. The molecule has 1 fully saturated rings. The first-order valence-electron chi connectivity index (χ1n) is 11.7. The van der Waals surface area contributed by atoms with Crippen LogP contribution in [0.2, 0.25) is 0 Å². The Bertz CT molecular complexity index is 1090. The van der Waals surface area contributed by atoms with Crippen molar-refractivity contribution in [2.24, 2.45) is 0 Å². The third-order valence-electron chi connectivity index (χ3n) is 6.66. The van der Waals surface area contributed by atoms with Crippen molar-refractivity contribution in [2.45, 2.75) is 50.9 Å². The number of amides is 2. The van der Waals surface area contributed by atoms with Gasteiger partial charge in [0.2, 0.25) is 5.91 Å². The zero-order valence-electron chi connectivity index (χ0n) is 19.5. The number of piperidine rings is 1. The molecule has 2 aromatic rings. The van der Waals surface area contributed by atoms with Crippen molar-refractivity contribution in [1.29, 1.82) is 0 Å². The van der Waals surface area contributed by atoms with E-state index in [0.717, 1.165) is 24.7 Å². The van der Waals surface area contributed by atoms with Crippen molar-refractivity contribution >= 4 is 17.5 Å². The van der Waals surface area contributed by atoms with Gasteiger partial charge < -0.3 is 15.3 Å². The van der Waals surface area contributed by atoms with Crippen molar-refractivity contribution < 1.29 is 27.9 Å². The number of hydrogen-bond donors (Lipinski definition) is 2. The summed E-state index contributed by atoms with van der Waals surface area (Å²) in [7, 11) is 0. The van der Waals surface area contributed by atoms with Crippen molar-refractivity contribution in [2.75, 3.05) is 31.6 Å². The Morgan fingerprint density at radius 2 is 2.06 bits per heavy atom. The van der Waals surface area contributed by atoms with Crippen molar-refractivity contribution in [3.05, 3.63) is 58.9 Å². The zero-order valence-corrected chi connectivity index (χ0v) is 19.5. The van der Waals surface area contributed by atoms with Gasteiger partial charge in [-0.25, -0.2) is 0 Å². The number of aliphatic hydroxyl groups excluding tert-OH is 1. The average molecular weight is 491 g/mol. The third kappa shape index (κ3) is 6.18. The van der Waals surface area contributed by atoms with Gasteiger partial charge in [0.15, 0.2) is 0 Å². The number of nitrogens with zero attached hydrogens (tertiary/aromatic N) is 3. The number of likely N-dealkylation sites (tertiary alicyclic amines) is 1. The Labute approximate surface area is 201 Å². The largest absolute Gasteiger partial charge is 0.395 e. The van der Waals surface area contributed by atoms with E-state index in [1.165, 1.54) is 17.8 Å². The number of fused-ring (bicyclic) bond motifs is 1. The van der Waals surface area contributed by atoms with E-state index in [4.69, 9.17) is 5.11 Å². The summed E-state index contributed by atoms with van der Waals surface area (Å²) in [6.45, 7) is 4.55. The Kier molecular flexibility index (Phi) is 7.42. The van der Waals surface area contributed by atoms with Gasteiger partial charge in [0.25, 0.3) is 5.91 Å². The number of hydrogen-bond acceptors (Lipinski definition) is 5. The van der Waals surface area contributed by atoms with Gasteiger partial charge in [0.05, 0.1) is 18.6 Å². The number of aromatic nitrogens is 1. The number of anilines is 1. The number of carbonyl (C=O) groups excluding carboxylic acids is 2. The lowest BCUT2D eigenvalue weighted by Crippen LogP contribution is -2.50. The number of halogens is 3. The second kappa shape index (κ2) is 10.3. The monoisotopic (exact) mass is 490 g/mol.